The van der Waals surface area contributed by atoms with Crippen LogP contribution in [0.2, 0.25) is 5.02 Å². The fraction of sp³-hybridized carbons (Fsp3) is 0.571. The van der Waals surface area contributed by atoms with Crippen molar-refractivity contribution in [1.29, 1.82) is 0 Å². The fourth-order valence-electron chi connectivity index (χ4n) is 2.36. The lowest BCUT2D eigenvalue weighted by Gasteiger charge is -2.37. The van der Waals surface area contributed by atoms with E-state index in [-0.39, 0.29) is 5.82 Å². The summed E-state index contributed by atoms with van der Waals surface area (Å²) in [6, 6.07) is 5.06. The molecule has 1 unspecified atom stereocenters. The molecular weight excluding hydrogens is 265 g/mol. The molecule has 0 aromatic heterocycles. The SMILES string of the molecule is CN1CCN(C)C(CNCc2ccc(F)cc2Cl)C1. The van der Waals surface area contributed by atoms with Crippen molar-refractivity contribution < 1.29 is 4.39 Å². The number of halogens is 2. The van der Waals surface area contributed by atoms with Gasteiger partial charge in [-0.3, -0.25) is 4.90 Å². The fourth-order valence-corrected chi connectivity index (χ4v) is 2.59. The van der Waals surface area contributed by atoms with Crippen LogP contribution in [-0.4, -0.2) is 56.1 Å². The maximum atomic E-state index is 12.9. The van der Waals surface area contributed by atoms with Crippen LogP contribution in [0.25, 0.3) is 0 Å². The van der Waals surface area contributed by atoms with Crippen molar-refractivity contribution in [3.05, 3.63) is 34.6 Å². The monoisotopic (exact) mass is 285 g/mol. The van der Waals surface area contributed by atoms with Gasteiger partial charge in [-0.15, -0.1) is 0 Å². The highest BCUT2D eigenvalue weighted by Crippen LogP contribution is 2.17. The third-order valence-electron chi connectivity index (χ3n) is 3.69. The molecule has 1 atom stereocenters. The molecule has 1 fully saturated rings. The summed E-state index contributed by atoms with van der Waals surface area (Å²) in [5.41, 5.74) is 0.940. The molecule has 1 N–H and O–H groups in total. The summed E-state index contributed by atoms with van der Waals surface area (Å²) in [4.78, 5) is 4.72. The summed E-state index contributed by atoms with van der Waals surface area (Å²) in [6.45, 7) is 4.87. The molecule has 1 aliphatic heterocycles. The van der Waals surface area contributed by atoms with E-state index in [0.717, 1.165) is 31.7 Å². The van der Waals surface area contributed by atoms with Gasteiger partial charge in [0, 0.05) is 43.8 Å². The van der Waals surface area contributed by atoms with Gasteiger partial charge in [0.15, 0.2) is 0 Å². The number of nitrogens with one attached hydrogen (secondary N) is 1. The van der Waals surface area contributed by atoms with Crippen LogP contribution in [0.3, 0.4) is 0 Å². The Morgan fingerprint density at radius 3 is 2.89 bits per heavy atom. The first-order valence-electron chi connectivity index (χ1n) is 6.59. The van der Waals surface area contributed by atoms with Gasteiger partial charge in [0.05, 0.1) is 0 Å². The molecule has 1 aromatic carbocycles. The molecule has 0 spiro atoms. The summed E-state index contributed by atoms with van der Waals surface area (Å²) in [5.74, 6) is -0.289. The Balaban J connectivity index is 1.82. The topological polar surface area (TPSA) is 18.5 Å². The van der Waals surface area contributed by atoms with Crippen LogP contribution < -0.4 is 5.32 Å². The highest BCUT2D eigenvalue weighted by atomic mass is 35.5. The minimum absolute atomic E-state index is 0.289. The molecule has 0 radical (unpaired) electrons. The van der Waals surface area contributed by atoms with E-state index in [2.05, 4.69) is 29.2 Å². The van der Waals surface area contributed by atoms with Crippen molar-refractivity contribution in [2.45, 2.75) is 12.6 Å². The summed E-state index contributed by atoms with van der Waals surface area (Å²) in [7, 11) is 4.31. The lowest BCUT2D eigenvalue weighted by atomic mass is 10.1. The molecular formula is C14H21ClFN3. The van der Waals surface area contributed by atoms with Crippen LogP contribution in [0.15, 0.2) is 18.2 Å². The van der Waals surface area contributed by atoms with Crippen molar-refractivity contribution in [2.75, 3.05) is 40.3 Å². The van der Waals surface area contributed by atoms with E-state index in [1.54, 1.807) is 6.07 Å². The Morgan fingerprint density at radius 2 is 2.16 bits per heavy atom. The minimum Gasteiger partial charge on any atom is -0.311 e. The highest BCUT2D eigenvalue weighted by molar-refractivity contribution is 6.31. The molecule has 5 heteroatoms. The van der Waals surface area contributed by atoms with Gasteiger partial charge in [0.25, 0.3) is 0 Å². The van der Waals surface area contributed by atoms with Gasteiger partial charge >= 0.3 is 0 Å². The number of nitrogens with zero attached hydrogens (tertiary/aromatic N) is 2. The van der Waals surface area contributed by atoms with Crippen molar-refractivity contribution in [3.8, 4) is 0 Å². The molecule has 1 heterocycles. The Hall–Kier alpha value is -0.680. The van der Waals surface area contributed by atoms with E-state index >= 15 is 0 Å². The predicted molar refractivity (Wildman–Crippen MR) is 77.0 cm³/mol. The molecule has 0 bridgehead atoms. The number of likely N-dealkylation sites (N-methyl/N-ethyl adjacent to an activating group) is 2. The summed E-state index contributed by atoms with van der Waals surface area (Å²) >= 11 is 6.00. The van der Waals surface area contributed by atoms with Gasteiger partial charge in [-0.2, -0.15) is 0 Å². The predicted octanol–water partition coefficient (Wildman–Crippen LogP) is 1.81. The maximum Gasteiger partial charge on any atom is 0.124 e. The second-order valence-electron chi connectivity index (χ2n) is 5.26. The average Bonchev–Trinajstić information content (AvgIpc) is 2.36. The Bertz CT molecular complexity index is 427. The van der Waals surface area contributed by atoms with E-state index in [0.29, 0.717) is 17.6 Å². The quantitative estimate of drug-likeness (QED) is 0.910. The third-order valence-corrected chi connectivity index (χ3v) is 4.04. The van der Waals surface area contributed by atoms with Crippen LogP contribution in [0.1, 0.15) is 5.56 Å². The highest BCUT2D eigenvalue weighted by Gasteiger charge is 2.21. The van der Waals surface area contributed by atoms with Crippen molar-refractivity contribution >= 4 is 11.6 Å². The second kappa shape index (κ2) is 6.66. The summed E-state index contributed by atoms with van der Waals surface area (Å²) in [5, 5.41) is 3.90. The molecule has 0 aliphatic carbocycles. The Labute approximate surface area is 119 Å². The van der Waals surface area contributed by atoms with Gasteiger partial charge in [0.2, 0.25) is 0 Å². The first-order valence-corrected chi connectivity index (χ1v) is 6.97. The van der Waals surface area contributed by atoms with Crippen LogP contribution in [0, 0.1) is 5.82 Å². The smallest absolute Gasteiger partial charge is 0.124 e. The molecule has 0 saturated carbocycles. The molecule has 19 heavy (non-hydrogen) atoms. The number of hydrogen-bond acceptors (Lipinski definition) is 3. The summed E-state index contributed by atoms with van der Waals surface area (Å²) < 4.78 is 12.9. The first-order chi connectivity index (χ1) is 9.06. The zero-order chi connectivity index (χ0) is 13.8. The second-order valence-corrected chi connectivity index (χ2v) is 5.67. The molecule has 3 nitrogen and oxygen atoms in total. The van der Waals surface area contributed by atoms with Crippen LogP contribution in [0.5, 0.6) is 0 Å². The molecule has 0 amide bonds. The van der Waals surface area contributed by atoms with E-state index < -0.39 is 0 Å². The van der Waals surface area contributed by atoms with E-state index in [1.165, 1.54) is 12.1 Å². The standard InChI is InChI=1S/C14H21ClFN3/c1-18-5-6-19(2)13(10-18)9-17-8-11-3-4-12(16)7-14(11)15/h3-4,7,13,17H,5-6,8-10H2,1-2H3. The molecule has 1 aliphatic rings. The number of benzene rings is 1. The number of hydrogen-bond donors (Lipinski definition) is 1. The molecule has 2 rings (SSSR count). The first kappa shape index (κ1) is 14.7. The van der Waals surface area contributed by atoms with Crippen LogP contribution >= 0.6 is 11.6 Å². The van der Waals surface area contributed by atoms with Gasteiger partial charge in [-0.05, 0) is 31.8 Å². The normalized spacial score (nSPS) is 21.8. The lowest BCUT2D eigenvalue weighted by Crippen LogP contribution is -2.53. The van der Waals surface area contributed by atoms with Crippen molar-refractivity contribution in [1.82, 2.24) is 15.1 Å². The molecule has 1 aromatic rings. The Kier molecular flexibility index (Phi) is 5.16. The number of rotatable bonds is 4. The van der Waals surface area contributed by atoms with Gasteiger partial charge in [-0.25, -0.2) is 4.39 Å². The maximum absolute atomic E-state index is 12.9. The van der Waals surface area contributed by atoms with Crippen molar-refractivity contribution in [2.24, 2.45) is 0 Å². The molecule has 1 saturated heterocycles. The van der Waals surface area contributed by atoms with E-state index in [1.807, 2.05) is 0 Å². The number of piperazine rings is 1. The van der Waals surface area contributed by atoms with Crippen LogP contribution in [-0.2, 0) is 6.54 Å². The Morgan fingerprint density at radius 1 is 1.37 bits per heavy atom. The van der Waals surface area contributed by atoms with Gasteiger partial charge in [-0.1, -0.05) is 17.7 Å². The van der Waals surface area contributed by atoms with Gasteiger partial charge < -0.3 is 10.2 Å². The van der Waals surface area contributed by atoms with E-state index in [9.17, 15) is 4.39 Å². The van der Waals surface area contributed by atoms with Gasteiger partial charge in [0.1, 0.15) is 5.82 Å². The van der Waals surface area contributed by atoms with E-state index in [4.69, 9.17) is 11.6 Å². The zero-order valence-corrected chi connectivity index (χ0v) is 12.3. The van der Waals surface area contributed by atoms with Crippen LogP contribution in [0.4, 0.5) is 4.39 Å². The minimum atomic E-state index is -0.289. The zero-order valence-electron chi connectivity index (χ0n) is 11.5. The summed E-state index contributed by atoms with van der Waals surface area (Å²) in [6.07, 6.45) is 0. The lowest BCUT2D eigenvalue weighted by molar-refractivity contribution is 0.113. The largest absolute Gasteiger partial charge is 0.311 e. The third kappa shape index (κ3) is 4.14. The van der Waals surface area contributed by atoms with Crippen molar-refractivity contribution in [3.63, 3.8) is 0 Å². The molecule has 106 valence electrons. The average molecular weight is 286 g/mol.